The predicted molar refractivity (Wildman–Crippen MR) is 80.9 cm³/mol. The number of carbonyl (C=O) groups is 3. The first-order valence-corrected chi connectivity index (χ1v) is 8.17. The van der Waals surface area contributed by atoms with Crippen molar-refractivity contribution in [1.82, 2.24) is 10.2 Å². The summed E-state index contributed by atoms with van der Waals surface area (Å²) in [6.45, 7) is 3.37. The van der Waals surface area contributed by atoms with Gasteiger partial charge in [0.2, 0.25) is 0 Å². The van der Waals surface area contributed by atoms with Crippen LogP contribution in [0.15, 0.2) is 11.4 Å². The highest BCUT2D eigenvalue weighted by molar-refractivity contribution is 7.12. The van der Waals surface area contributed by atoms with Crippen LogP contribution in [0.3, 0.4) is 0 Å². The molecular formula is C15H18N2O4S. The molecule has 1 saturated heterocycles. The standard InChI is InChI=1S/C15H18N2O4S/c1-15(2)13(19)17(14(20)16-15)6-7-21-12(18)11-10(5-8-22-11)9-3-4-9/h5,8-9H,3-4,6-7H2,1-2H3,(H,16,20). The van der Waals surface area contributed by atoms with E-state index < -0.39 is 11.6 Å². The highest BCUT2D eigenvalue weighted by atomic mass is 32.1. The Kier molecular flexibility index (Phi) is 3.68. The molecule has 3 rings (SSSR count). The molecule has 1 saturated carbocycles. The molecule has 22 heavy (non-hydrogen) atoms. The zero-order valence-electron chi connectivity index (χ0n) is 12.5. The summed E-state index contributed by atoms with van der Waals surface area (Å²) in [7, 11) is 0. The second-order valence-corrected chi connectivity index (χ2v) is 7.04. The van der Waals surface area contributed by atoms with Crippen molar-refractivity contribution in [2.75, 3.05) is 13.2 Å². The Morgan fingerprint density at radius 3 is 2.77 bits per heavy atom. The van der Waals surface area contributed by atoms with E-state index in [4.69, 9.17) is 4.74 Å². The molecule has 0 radical (unpaired) electrons. The van der Waals surface area contributed by atoms with E-state index in [1.165, 1.54) is 11.3 Å². The summed E-state index contributed by atoms with van der Waals surface area (Å²) >= 11 is 1.38. The Morgan fingerprint density at radius 1 is 1.45 bits per heavy atom. The molecule has 1 aliphatic carbocycles. The van der Waals surface area contributed by atoms with E-state index in [9.17, 15) is 14.4 Å². The van der Waals surface area contributed by atoms with Crippen LogP contribution in [0.2, 0.25) is 0 Å². The van der Waals surface area contributed by atoms with Crippen molar-refractivity contribution < 1.29 is 19.1 Å². The van der Waals surface area contributed by atoms with Gasteiger partial charge in [0.05, 0.1) is 6.54 Å². The normalized spacial score (nSPS) is 20.2. The van der Waals surface area contributed by atoms with Gasteiger partial charge in [-0.25, -0.2) is 9.59 Å². The zero-order chi connectivity index (χ0) is 15.9. The fourth-order valence-corrected chi connectivity index (χ4v) is 3.39. The first-order valence-electron chi connectivity index (χ1n) is 7.29. The Hall–Kier alpha value is -1.89. The molecule has 0 unspecified atom stereocenters. The van der Waals surface area contributed by atoms with E-state index >= 15 is 0 Å². The van der Waals surface area contributed by atoms with Crippen molar-refractivity contribution in [2.45, 2.75) is 38.1 Å². The molecule has 118 valence electrons. The molecule has 1 N–H and O–H groups in total. The van der Waals surface area contributed by atoms with E-state index in [1.54, 1.807) is 13.8 Å². The molecule has 7 heteroatoms. The summed E-state index contributed by atoms with van der Waals surface area (Å²) in [6.07, 6.45) is 2.24. The number of hydrogen-bond donors (Lipinski definition) is 1. The van der Waals surface area contributed by atoms with Gasteiger partial charge in [0.15, 0.2) is 0 Å². The molecule has 1 aliphatic heterocycles. The Bertz CT molecular complexity index is 633. The van der Waals surface area contributed by atoms with Gasteiger partial charge in [0, 0.05) is 0 Å². The molecule has 2 heterocycles. The van der Waals surface area contributed by atoms with Crippen LogP contribution in [-0.4, -0.2) is 41.5 Å². The monoisotopic (exact) mass is 322 g/mol. The van der Waals surface area contributed by atoms with Gasteiger partial charge in [-0.3, -0.25) is 9.69 Å². The number of nitrogens with zero attached hydrogens (tertiary/aromatic N) is 1. The second kappa shape index (κ2) is 5.39. The number of carbonyl (C=O) groups excluding carboxylic acids is 3. The van der Waals surface area contributed by atoms with E-state index in [0.29, 0.717) is 10.8 Å². The van der Waals surface area contributed by atoms with Gasteiger partial charge in [0.1, 0.15) is 17.0 Å². The lowest BCUT2D eigenvalue weighted by atomic mass is 10.1. The number of thiophene rings is 1. The fourth-order valence-electron chi connectivity index (χ4n) is 2.52. The average Bonchev–Trinajstić information content (AvgIpc) is 3.14. The number of esters is 1. The molecule has 1 aromatic rings. The van der Waals surface area contributed by atoms with Crippen LogP contribution < -0.4 is 5.32 Å². The molecule has 6 nitrogen and oxygen atoms in total. The van der Waals surface area contributed by atoms with E-state index in [2.05, 4.69) is 5.32 Å². The smallest absolute Gasteiger partial charge is 0.348 e. The summed E-state index contributed by atoms with van der Waals surface area (Å²) in [5.41, 5.74) is 0.166. The summed E-state index contributed by atoms with van der Waals surface area (Å²) in [5.74, 6) is -0.188. The summed E-state index contributed by atoms with van der Waals surface area (Å²) in [6, 6.07) is 1.53. The third-order valence-electron chi connectivity index (χ3n) is 3.89. The lowest BCUT2D eigenvalue weighted by Crippen LogP contribution is -2.40. The molecule has 0 bridgehead atoms. The minimum Gasteiger partial charge on any atom is -0.460 e. The summed E-state index contributed by atoms with van der Waals surface area (Å²) in [5, 5.41) is 4.48. The number of nitrogens with one attached hydrogen (secondary N) is 1. The highest BCUT2D eigenvalue weighted by Crippen LogP contribution is 2.43. The van der Waals surface area contributed by atoms with Gasteiger partial charge < -0.3 is 10.1 Å². The van der Waals surface area contributed by atoms with Crippen molar-refractivity contribution >= 4 is 29.2 Å². The van der Waals surface area contributed by atoms with Crippen molar-refractivity contribution in [3.63, 3.8) is 0 Å². The van der Waals surface area contributed by atoms with Crippen LogP contribution in [0.1, 0.15) is 47.8 Å². The van der Waals surface area contributed by atoms with Gasteiger partial charge in [-0.1, -0.05) is 0 Å². The zero-order valence-corrected chi connectivity index (χ0v) is 13.4. The predicted octanol–water partition coefficient (Wildman–Crippen LogP) is 2.11. The maximum Gasteiger partial charge on any atom is 0.348 e. The lowest BCUT2D eigenvalue weighted by Gasteiger charge is -2.15. The highest BCUT2D eigenvalue weighted by Gasteiger charge is 2.44. The van der Waals surface area contributed by atoms with Crippen molar-refractivity contribution in [3.05, 3.63) is 21.9 Å². The van der Waals surface area contributed by atoms with E-state index in [0.717, 1.165) is 23.3 Å². The van der Waals surface area contributed by atoms with Crippen LogP contribution >= 0.6 is 11.3 Å². The molecule has 0 atom stereocenters. The lowest BCUT2D eigenvalue weighted by molar-refractivity contribution is -0.130. The van der Waals surface area contributed by atoms with Crippen LogP contribution in [0.5, 0.6) is 0 Å². The van der Waals surface area contributed by atoms with Gasteiger partial charge in [-0.05, 0) is 49.6 Å². The number of urea groups is 1. The molecule has 1 aromatic heterocycles. The second-order valence-electron chi connectivity index (χ2n) is 6.13. The Balaban J connectivity index is 1.55. The minimum atomic E-state index is -0.895. The topological polar surface area (TPSA) is 75.7 Å². The fraction of sp³-hybridized carbons (Fsp3) is 0.533. The molecule has 0 aromatic carbocycles. The van der Waals surface area contributed by atoms with Gasteiger partial charge in [-0.2, -0.15) is 0 Å². The Morgan fingerprint density at radius 2 is 2.18 bits per heavy atom. The Labute approximate surface area is 132 Å². The van der Waals surface area contributed by atoms with Crippen LogP contribution in [0, 0.1) is 0 Å². The molecule has 0 spiro atoms. The third kappa shape index (κ3) is 2.72. The first-order chi connectivity index (χ1) is 10.4. The minimum absolute atomic E-state index is 0.01000. The number of ether oxygens (including phenoxy) is 1. The number of rotatable bonds is 5. The van der Waals surface area contributed by atoms with Crippen LogP contribution in [0.4, 0.5) is 4.79 Å². The number of hydrogen-bond acceptors (Lipinski definition) is 5. The van der Waals surface area contributed by atoms with Gasteiger partial charge in [-0.15, -0.1) is 11.3 Å². The number of amides is 3. The molecule has 3 amide bonds. The maximum absolute atomic E-state index is 12.1. The van der Waals surface area contributed by atoms with E-state index in [-0.39, 0.29) is 25.0 Å². The third-order valence-corrected chi connectivity index (χ3v) is 4.80. The molecule has 2 fully saturated rings. The van der Waals surface area contributed by atoms with Crippen molar-refractivity contribution in [2.24, 2.45) is 0 Å². The summed E-state index contributed by atoms with van der Waals surface area (Å²) in [4.78, 5) is 37.5. The van der Waals surface area contributed by atoms with Gasteiger partial charge >= 0.3 is 12.0 Å². The van der Waals surface area contributed by atoms with E-state index in [1.807, 2.05) is 11.4 Å². The number of imide groups is 1. The largest absolute Gasteiger partial charge is 0.460 e. The maximum atomic E-state index is 12.1. The molecular weight excluding hydrogens is 304 g/mol. The van der Waals surface area contributed by atoms with Crippen LogP contribution in [-0.2, 0) is 9.53 Å². The van der Waals surface area contributed by atoms with Crippen LogP contribution in [0.25, 0.3) is 0 Å². The quantitative estimate of drug-likeness (QED) is 0.665. The average molecular weight is 322 g/mol. The molecule has 2 aliphatic rings. The SMILES string of the molecule is CC1(C)NC(=O)N(CCOC(=O)c2sccc2C2CC2)C1=O. The van der Waals surface area contributed by atoms with Gasteiger partial charge in [0.25, 0.3) is 5.91 Å². The summed E-state index contributed by atoms with van der Waals surface area (Å²) < 4.78 is 5.23. The van der Waals surface area contributed by atoms with Crippen molar-refractivity contribution in [1.29, 1.82) is 0 Å². The van der Waals surface area contributed by atoms with Crippen molar-refractivity contribution in [3.8, 4) is 0 Å². The first kappa shape index (κ1) is 15.0.